The van der Waals surface area contributed by atoms with Crippen molar-refractivity contribution in [3.63, 3.8) is 0 Å². The van der Waals surface area contributed by atoms with Crippen LogP contribution < -0.4 is 10.5 Å². The van der Waals surface area contributed by atoms with E-state index < -0.39 is 23.7 Å². The van der Waals surface area contributed by atoms with E-state index in [0.717, 1.165) is 0 Å². The van der Waals surface area contributed by atoms with Crippen molar-refractivity contribution in [3.05, 3.63) is 23.0 Å². The normalized spacial score (nSPS) is 14.6. The van der Waals surface area contributed by atoms with E-state index in [0.29, 0.717) is 5.56 Å². The maximum absolute atomic E-state index is 13.4. The number of hydrogen-bond acceptors (Lipinski definition) is 4. The van der Waals surface area contributed by atoms with Gasteiger partial charge >= 0.3 is 0 Å². The maximum Gasteiger partial charge on any atom is 0.196 e. The summed E-state index contributed by atoms with van der Waals surface area (Å²) in [5.41, 5.74) is 6.17. The zero-order valence-electron chi connectivity index (χ0n) is 9.49. The first-order chi connectivity index (χ1) is 7.40. The molecule has 0 aromatic heterocycles. The highest BCUT2D eigenvalue weighted by Gasteiger charge is 2.24. The summed E-state index contributed by atoms with van der Waals surface area (Å²) in [6, 6.07) is 0.624. The number of phenolic OH excluding ortho intramolecular Hbond substituents is 1. The Labute approximate surface area is 93.5 Å². The van der Waals surface area contributed by atoms with E-state index in [1.165, 1.54) is 13.2 Å². The van der Waals surface area contributed by atoms with Gasteiger partial charge in [0, 0.05) is 11.6 Å². The molecule has 0 aliphatic carbocycles. The standard InChI is InChI=1S/C11H16FNO3/c1-5-4-7(12)11(16-3)10(15)8(5)9(14)6(2)13/h4,6,9,14-15H,13H2,1-3H3. The molecule has 0 aliphatic heterocycles. The van der Waals surface area contributed by atoms with Crippen LogP contribution >= 0.6 is 0 Å². The molecule has 0 spiro atoms. The molecule has 0 heterocycles. The Balaban J connectivity index is 3.39. The van der Waals surface area contributed by atoms with Crippen LogP contribution in [0.1, 0.15) is 24.2 Å². The van der Waals surface area contributed by atoms with E-state index in [2.05, 4.69) is 0 Å². The molecule has 1 aromatic rings. The van der Waals surface area contributed by atoms with Crippen LogP contribution in [0.15, 0.2) is 6.07 Å². The van der Waals surface area contributed by atoms with Crippen LogP contribution in [0.5, 0.6) is 11.5 Å². The predicted molar refractivity (Wildman–Crippen MR) is 58.0 cm³/mol. The Kier molecular flexibility index (Phi) is 3.72. The van der Waals surface area contributed by atoms with E-state index in [9.17, 15) is 14.6 Å². The predicted octanol–water partition coefficient (Wildman–Crippen LogP) is 1.23. The van der Waals surface area contributed by atoms with E-state index in [4.69, 9.17) is 10.5 Å². The lowest BCUT2D eigenvalue weighted by Gasteiger charge is -2.20. The van der Waals surface area contributed by atoms with Crippen molar-refractivity contribution in [3.8, 4) is 11.5 Å². The number of benzene rings is 1. The fraction of sp³-hybridized carbons (Fsp3) is 0.455. The molecule has 4 nitrogen and oxygen atoms in total. The van der Waals surface area contributed by atoms with Crippen LogP contribution in [0.2, 0.25) is 0 Å². The summed E-state index contributed by atoms with van der Waals surface area (Å²) < 4.78 is 18.1. The second kappa shape index (κ2) is 4.67. The Hall–Kier alpha value is -1.33. The highest BCUT2D eigenvalue weighted by Crippen LogP contribution is 2.39. The molecule has 2 atom stereocenters. The highest BCUT2D eigenvalue weighted by molar-refractivity contribution is 5.51. The van der Waals surface area contributed by atoms with Gasteiger partial charge in [-0.3, -0.25) is 0 Å². The zero-order chi connectivity index (χ0) is 12.5. The van der Waals surface area contributed by atoms with Crippen LogP contribution in [0.25, 0.3) is 0 Å². The molecular weight excluding hydrogens is 213 g/mol. The lowest BCUT2D eigenvalue weighted by Crippen LogP contribution is -2.25. The molecule has 2 unspecified atom stereocenters. The van der Waals surface area contributed by atoms with Gasteiger partial charge in [-0.25, -0.2) is 4.39 Å². The fourth-order valence-electron chi connectivity index (χ4n) is 1.59. The Bertz CT molecular complexity index is 393. The summed E-state index contributed by atoms with van der Waals surface area (Å²) >= 11 is 0. The molecule has 0 saturated carbocycles. The molecule has 90 valence electrons. The number of halogens is 1. The number of aryl methyl sites for hydroxylation is 1. The second-order valence-corrected chi connectivity index (χ2v) is 3.77. The van der Waals surface area contributed by atoms with E-state index >= 15 is 0 Å². The fourth-order valence-corrected chi connectivity index (χ4v) is 1.59. The first-order valence-corrected chi connectivity index (χ1v) is 4.89. The molecule has 0 saturated heterocycles. The van der Waals surface area contributed by atoms with Crippen molar-refractivity contribution in [1.29, 1.82) is 0 Å². The van der Waals surface area contributed by atoms with Crippen LogP contribution in [0, 0.1) is 12.7 Å². The maximum atomic E-state index is 13.4. The first-order valence-electron chi connectivity index (χ1n) is 4.89. The van der Waals surface area contributed by atoms with Gasteiger partial charge in [0.15, 0.2) is 17.3 Å². The molecule has 16 heavy (non-hydrogen) atoms. The molecule has 0 radical (unpaired) electrons. The summed E-state index contributed by atoms with van der Waals surface area (Å²) in [5, 5.41) is 19.6. The second-order valence-electron chi connectivity index (χ2n) is 3.77. The quantitative estimate of drug-likeness (QED) is 0.728. The average Bonchev–Trinajstić information content (AvgIpc) is 2.17. The summed E-state index contributed by atoms with van der Waals surface area (Å²) in [5.74, 6) is -1.34. The minimum Gasteiger partial charge on any atom is -0.504 e. The monoisotopic (exact) mass is 229 g/mol. The lowest BCUT2D eigenvalue weighted by atomic mass is 9.97. The minimum absolute atomic E-state index is 0.202. The van der Waals surface area contributed by atoms with Gasteiger partial charge in [-0.05, 0) is 25.5 Å². The average molecular weight is 229 g/mol. The summed E-state index contributed by atoms with van der Waals surface area (Å²) in [4.78, 5) is 0. The summed E-state index contributed by atoms with van der Waals surface area (Å²) in [6.07, 6.45) is -1.06. The molecule has 0 fully saturated rings. The van der Waals surface area contributed by atoms with Crippen LogP contribution in [-0.2, 0) is 0 Å². The van der Waals surface area contributed by atoms with E-state index in [-0.39, 0.29) is 11.3 Å². The highest BCUT2D eigenvalue weighted by atomic mass is 19.1. The largest absolute Gasteiger partial charge is 0.504 e. The molecule has 5 heteroatoms. The number of ether oxygens (including phenoxy) is 1. The van der Waals surface area contributed by atoms with Crippen molar-refractivity contribution in [2.45, 2.75) is 26.0 Å². The van der Waals surface area contributed by atoms with Gasteiger partial charge in [0.25, 0.3) is 0 Å². The number of aromatic hydroxyl groups is 1. The molecule has 1 aromatic carbocycles. The van der Waals surface area contributed by atoms with Crippen molar-refractivity contribution >= 4 is 0 Å². The number of methoxy groups -OCH3 is 1. The molecule has 0 bridgehead atoms. The Morgan fingerprint density at radius 1 is 1.50 bits per heavy atom. The van der Waals surface area contributed by atoms with Crippen molar-refractivity contribution in [2.24, 2.45) is 5.73 Å². The zero-order valence-corrected chi connectivity index (χ0v) is 9.49. The Morgan fingerprint density at radius 3 is 2.50 bits per heavy atom. The van der Waals surface area contributed by atoms with Gasteiger partial charge in [0.05, 0.1) is 13.2 Å². The van der Waals surface area contributed by atoms with Gasteiger partial charge in [0.1, 0.15) is 0 Å². The SMILES string of the molecule is COc1c(F)cc(C)c(C(O)C(C)N)c1O. The van der Waals surface area contributed by atoms with Crippen molar-refractivity contribution in [1.82, 2.24) is 0 Å². The third-order valence-corrected chi connectivity index (χ3v) is 2.45. The minimum atomic E-state index is -1.06. The molecule has 4 N–H and O–H groups in total. The molecule has 0 amide bonds. The number of aliphatic hydroxyl groups excluding tert-OH is 1. The van der Waals surface area contributed by atoms with Gasteiger partial charge < -0.3 is 20.7 Å². The Morgan fingerprint density at radius 2 is 2.06 bits per heavy atom. The van der Waals surface area contributed by atoms with E-state index in [1.54, 1.807) is 13.8 Å². The topological polar surface area (TPSA) is 75.7 Å². The van der Waals surface area contributed by atoms with Gasteiger partial charge in [-0.15, -0.1) is 0 Å². The van der Waals surface area contributed by atoms with Gasteiger partial charge in [0.2, 0.25) is 0 Å². The molecular formula is C11H16FNO3. The van der Waals surface area contributed by atoms with Gasteiger partial charge in [-0.2, -0.15) is 0 Å². The summed E-state index contributed by atoms with van der Waals surface area (Å²) in [7, 11) is 1.25. The van der Waals surface area contributed by atoms with Crippen LogP contribution in [0.4, 0.5) is 4.39 Å². The van der Waals surface area contributed by atoms with E-state index in [1.807, 2.05) is 0 Å². The number of rotatable bonds is 3. The number of nitrogens with two attached hydrogens (primary N) is 1. The number of hydrogen-bond donors (Lipinski definition) is 3. The number of aliphatic hydroxyl groups is 1. The lowest BCUT2D eigenvalue weighted by molar-refractivity contribution is 0.148. The molecule has 1 rings (SSSR count). The smallest absolute Gasteiger partial charge is 0.196 e. The third-order valence-electron chi connectivity index (χ3n) is 2.45. The van der Waals surface area contributed by atoms with Crippen molar-refractivity contribution in [2.75, 3.05) is 7.11 Å². The van der Waals surface area contributed by atoms with Crippen LogP contribution in [-0.4, -0.2) is 23.4 Å². The van der Waals surface area contributed by atoms with Crippen LogP contribution in [0.3, 0.4) is 0 Å². The number of phenols is 1. The molecule has 0 aliphatic rings. The van der Waals surface area contributed by atoms with Gasteiger partial charge in [-0.1, -0.05) is 0 Å². The van der Waals surface area contributed by atoms with Crippen molar-refractivity contribution < 1.29 is 19.3 Å². The third kappa shape index (κ3) is 2.10. The summed E-state index contributed by atoms with van der Waals surface area (Å²) in [6.45, 7) is 3.18. The first kappa shape index (κ1) is 12.7.